The molecule has 0 radical (unpaired) electrons. The molecule has 2 aliphatic rings. The van der Waals surface area contributed by atoms with Crippen molar-refractivity contribution in [2.75, 3.05) is 19.8 Å². The Morgan fingerprint density at radius 3 is 2.31 bits per heavy atom. The van der Waals surface area contributed by atoms with Crippen LogP contribution in [0.5, 0.6) is 0 Å². The van der Waals surface area contributed by atoms with E-state index in [-0.39, 0.29) is 25.7 Å². The first-order valence-corrected chi connectivity index (χ1v) is 9.51. The fourth-order valence-corrected chi connectivity index (χ4v) is 4.27. The molecule has 6 nitrogen and oxygen atoms in total. The fraction of sp³-hybridized carbons (Fsp3) is 0.304. The molecule has 1 aliphatic heterocycles. The molecule has 0 aromatic heterocycles. The van der Waals surface area contributed by atoms with Crippen LogP contribution < -0.4 is 0 Å². The predicted molar refractivity (Wildman–Crippen MR) is 106 cm³/mol. The summed E-state index contributed by atoms with van der Waals surface area (Å²) >= 11 is 0. The van der Waals surface area contributed by atoms with Crippen molar-refractivity contribution in [1.82, 2.24) is 4.90 Å². The zero-order chi connectivity index (χ0) is 20.4. The lowest BCUT2D eigenvalue weighted by atomic mass is 9.98. The molecule has 1 N–H and O–H groups in total. The number of benzene rings is 2. The number of carbonyl (C=O) groups is 2. The van der Waals surface area contributed by atoms with Crippen molar-refractivity contribution in [3.63, 3.8) is 0 Å². The van der Waals surface area contributed by atoms with E-state index in [1.807, 2.05) is 36.4 Å². The topological polar surface area (TPSA) is 76.1 Å². The third-order valence-corrected chi connectivity index (χ3v) is 5.55. The fourth-order valence-electron chi connectivity index (χ4n) is 4.27. The van der Waals surface area contributed by atoms with Gasteiger partial charge in [0.2, 0.25) is 0 Å². The average Bonchev–Trinajstić information content (AvgIpc) is 3.30. The first kappa shape index (κ1) is 19.0. The Kier molecular flexibility index (Phi) is 5.24. The molecule has 0 bridgehead atoms. The van der Waals surface area contributed by atoms with Crippen molar-refractivity contribution >= 4 is 12.1 Å². The van der Waals surface area contributed by atoms with E-state index in [1.54, 1.807) is 0 Å². The maximum absolute atomic E-state index is 12.7. The van der Waals surface area contributed by atoms with Crippen molar-refractivity contribution in [3.05, 3.63) is 59.7 Å². The number of hydrogen-bond donors (Lipinski definition) is 1. The Hall–Kier alpha value is -3.30. The van der Waals surface area contributed by atoms with E-state index in [4.69, 9.17) is 15.9 Å². The Bertz CT molecular complexity index is 934. The summed E-state index contributed by atoms with van der Waals surface area (Å²) < 4.78 is 11.0. The van der Waals surface area contributed by atoms with E-state index >= 15 is 0 Å². The molecule has 6 heteroatoms. The van der Waals surface area contributed by atoms with Crippen molar-refractivity contribution in [2.45, 2.75) is 24.5 Å². The summed E-state index contributed by atoms with van der Waals surface area (Å²) in [7, 11) is 0. The van der Waals surface area contributed by atoms with E-state index in [0.717, 1.165) is 22.3 Å². The highest BCUT2D eigenvalue weighted by Crippen LogP contribution is 2.44. The van der Waals surface area contributed by atoms with Gasteiger partial charge in [-0.15, -0.1) is 6.42 Å². The summed E-state index contributed by atoms with van der Waals surface area (Å²) in [5.41, 5.74) is 4.48. The first-order valence-electron chi connectivity index (χ1n) is 9.51. The van der Waals surface area contributed by atoms with Gasteiger partial charge in [0.15, 0.2) is 6.04 Å². The molecule has 148 valence electrons. The van der Waals surface area contributed by atoms with Gasteiger partial charge in [0.1, 0.15) is 13.2 Å². The predicted octanol–water partition coefficient (Wildman–Crippen LogP) is 3.11. The highest BCUT2D eigenvalue weighted by atomic mass is 16.6. The quantitative estimate of drug-likeness (QED) is 0.793. The maximum Gasteiger partial charge on any atom is 0.410 e. The zero-order valence-corrected chi connectivity index (χ0v) is 15.8. The van der Waals surface area contributed by atoms with Crippen LogP contribution in [0, 0.1) is 12.3 Å². The van der Waals surface area contributed by atoms with Gasteiger partial charge in [0, 0.05) is 12.5 Å². The molecule has 4 rings (SSSR count). The minimum absolute atomic E-state index is 0.00692. The number of amides is 1. The molecule has 1 amide bonds. The molecule has 1 aliphatic carbocycles. The minimum Gasteiger partial charge on any atom is -0.480 e. The average molecular weight is 391 g/mol. The van der Waals surface area contributed by atoms with Crippen LogP contribution in [0.15, 0.2) is 48.5 Å². The van der Waals surface area contributed by atoms with E-state index in [0.29, 0.717) is 6.42 Å². The highest BCUT2D eigenvalue weighted by molar-refractivity contribution is 5.82. The van der Waals surface area contributed by atoms with Crippen molar-refractivity contribution < 1.29 is 24.2 Å². The Morgan fingerprint density at radius 1 is 1.10 bits per heavy atom. The van der Waals surface area contributed by atoms with Gasteiger partial charge in [-0.25, -0.2) is 9.59 Å². The van der Waals surface area contributed by atoms with E-state index in [1.165, 1.54) is 4.90 Å². The van der Waals surface area contributed by atoms with Crippen LogP contribution >= 0.6 is 0 Å². The van der Waals surface area contributed by atoms with E-state index in [9.17, 15) is 14.7 Å². The highest BCUT2D eigenvalue weighted by Gasteiger charge is 2.44. The number of ether oxygens (including phenoxy) is 2. The zero-order valence-electron chi connectivity index (χ0n) is 15.8. The first-order chi connectivity index (χ1) is 14.1. The van der Waals surface area contributed by atoms with Gasteiger partial charge >= 0.3 is 12.1 Å². The molecule has 0 saturated carbocycles. The summed E-state index contributed by atoms with van der Waals surface area (Å²) in [6.45, 7) is 0.404. The van der Waals surface area contributed by atoms with Crippen molar-refractivity contribution in [1.29, 1.82) is 0 Å². The monoisotopic (exact) mass is 391 g/mol. The van der Waals surface area contributed by atoms with Crippen LogP contribution in [0.2, 0.25) is 0 Å². The number of terminal acetylenes is 1. The molecule has 2 atom stereocenters. The van der Waals surface area contributed by atoms with Crippen LogP contribution in [-0.2, 0) is 14.3 Å². The number of carboxylic acid groups (broad SMARTS) is 1. The van der Waals surface area contributed by atoms with Gasteiger partial charge < -0.3 is 14.6 Å². The molecule has 2 aromatic rings. The molecular formula is C23H21NO5. The van der Waals surface area contributed by atoms with Gasteiger partial charge in [-0.1, -0.05) is 54.5 Å². The number of rotatable bonds is 5. The Balaban J connectivity index is 1.49. The van der Waals surface area contributed by atoms with Crippen LogP contribution in [0.1, 0.15) is 23.5 Å². The van der Waals surface area contributed by atoms with Gasteiger partial charge in [-0.05, 0) is 28.7 Å². The van der Waals surface area contributed by atoms with Crippen molar-refractivity contribution in [3.8, 4) is 23.5 Å². The number of likely N-dealkylation sites (tertiary alicyclic amines) is 1. The summed E-state index contributed by atoms with van der Waals surface area (Å²) in [4.78, 5) is 25.6. The molecule has 1 heterocycles. The number of carbonyl (C=O) groups excluding carboxylic acids is 1. The van der Waals surface area contributed by atoms with Crippen LogP contribution in [0.25, 0.3) is 11.1 Å². The second-order valence-electron chi connectivity index (χ2n) is 7.12. The van der Waals surface area contributed by atoms with Crippen LogP contribution in [-0.4, -0.2) is 54.0 Å². The number of hydrogen-bond acceptors (Lipinski definition) is 4. The van der Waals surface area contributed by atoms with Crippen LogP contribution in [0.4, 0.5) is 4.79 Å². The summed E-state index contributed by atoms with van der Waals surface area (Å²) in [5, 5.41) is 9.56. The van der Waals surface area contributed by atoms with Crippen LogP contribution in [0.3, 0.4) is 0 Å². The molecule has 29 heavy (non-hydrogen) atoms. The largest absolute Gasteiger partial charge is 0.480 e. The molecule has 0 spiro atoms. The third-order valence-electron chi connectivity index (χ3n) is 5.55. The molecule has 2 unspecified atom stereocenters. The van der Waals surface area contributed by atoms with Gasteiger partial charge in [-0.3, -0.25) is 4.90 Å². The summed E-state index contributed by atoms with van der Waals surface area (Å²) in [6, 6.07) is 15.0. The molecule has 1 fully saturated rings. The Labute approximate surface area is 169 Å². The normalized spacial score (nSPS) is 20.0. The Morgan fingerprint density at radius 2 is 1.72 bits per heavy atom. The number of aliphatic carboxylic acids is 1. The summed E-state index contributed by atoms with van der Waals surface area (Å²) in [6.07, 6.45) is 4.31. The minimum atomic E-state index is -1.13. The number of fused-ring (bicyclic) bond motifs is 3. The lowest BCUT2D eigenvalue weighted by Crippen LogP contribution is -2.46. The van der Waals surface area contributed by atoms with Crippen molar-refractivity contribution in [2.24, 2.45) is 0 Å². The number of carboxylic acids is 1. The smallest absolute Gasteiger partial charge is 0.410 e. The van der Waals surface area contributed by atoms with Gasteiger partial charge in [0.25, 0.3) is 0 Å². The molecule has 2 aromatic carbocycles. The lowest BCUT2D eigenvalue weighted by molar-refractivity contribution is -0.145. The second-order valence-corrected chi connectivity index (χ2v) is 7.12. The standard InChI is InChI=1S/C23H21NO5/c1-2-13-28-20-11-12-24(21(20)22(25)26)23(27)29-14-19-17-9-5-3-7-15(17)16-8-4-6-10-18(16)19/h1,3-10,19-21H,11-14H2,(H,25,26). The second kappa shape index (κ2) is 7.98. The van der Waals surface area contributed by atoms with E-state index in [2.05, 4.69) is 18.1 Å². The third kappa shape index (κ3) is 3.45. The van der Waals surface area contributed by atoms with E-state index < -0.39 is 24.2 Å². The number of nitrogens with zero attached hydrogens (tertiary/aromatic N) is 1. The lowest BCUT2D eigenvalue weighted by Gasteiger charge is -2.24. The SMILES string of the molecule is C#CCOC1CCN(C(=O)OCC2c3ccccc3-c3ccccc32)C1C(=O)O. The molecular weight excluding hydrogens is 370 g/mol. The van der Waals surface area contributed by atoms with Gasteiger partial charge in [0.05, 0.1) is 6.10 Å². The maximum atomic E-state index is 12.7. The molecule has 1 saturated heterocycles. The van der Waals surface area contributed by atoms with Gasteiger partial charge in [-0.2, -0.15) is 0 Å². The summed E-state index contributed by atoms with van der Waals surface area (Å²) in [5.74, 6) is 1.12.